The Morgan fingerprint density at radius 2 is 2.25 bits per heavy atom. The topological polar surface area (TPSA) is 55.4 Å². The lowest BCUT2D eigenvalue weighted by atomic mass is 10.1. The van der Waals surface area contributed by atoms with E-state index in [0.29, 0.717) is 17.0 Å². The van der Waals surface area contributed by atoms with Gasteiger partial charge in [0.05, 0.1) is 5.69 Å². The number of thiophene rings is 1. The molecule has 4 nitrogen and oxygen atoms in total. The number of allylic oxidation sites excluding steroid dienone is 1. The maximum Gasteiger partial charge on any atom is 0.262 e. The zero-order chi connectivity index (χ0) is 13.9. The van der Waals surface area contributed by atoms with Crippen molar-refractivity contribution < 1.29 is 14.3 Å². The van der Waals surface area contributed by atoms with Gasteiger partial charge < -0.3 is 10.1 Å². The van der Waals surface area contributed by atoms with E-state index in [1.165, 1.54) is 6.08 Å². The van der Waals surface area contributed by atoms with Crippen LogP contribution in [-0.4, -0.2) is 18.3 Å². The minimum atomic E-state index is -0.212. The fourth-order valence-corrected chi connectivity index (χ4v) is 2.50. The van der Waals surface area contributed by atoms with Crippen LogP contribution >= 0.6 is 11.3 Å². The van der Waals surface area contributed by atoms with E-state index in [4.69, 9.17) is 4.74 Å². The molecule has 0 spiro atoms. The van der Waals surface area contributed by atoms with Crippen LogP contribution in [0, 0.1) is 0 Å². The van der Waals surface area contributed by atoms with Crippen LogP contribution in [0.15, 0.2) is 41.1 Å². The maximum absolute atomic E-state index is 12.1. The van der Waals surface area contributed by atoms with Crippen LogP contribution in [0.4, 0.5) is 5.69 Å². The molecule has 2 heterocycles. The molecule has 1 N–H and O–H groups in total. The van der Waals surface area contributed by atoms with Crippen LogP contribution < -0.4 is 10.1 Å². The monoisotopic (exact) mass is 285 g/mol. The Morgan fingerprint density at radius 3 is 3.05 bits per heavy atom. The van der Waals surface area contributed by atoms with Crippen LogP contribution in [-0.2, 0) is 4.79 Å². The van der Waals surface area contributed by atoms with E-state index in [1.807, 2.05) is 16.8 Å². The highest BCUT2D eigenvalue weighted by atomic mass is 32.1. The van der Waals surface area contributed by atoms with Gasteiger partial charge in [-0.3, -0.25) is 9.59 Å². The highest BCUT2D eigenvalue weighted by Crippen LogP contribution is 2.28. The Balaban J connectivity index is 1.82. The fourth-order valence-electron chi connectivity index (χ4n) is 1.87. The molecule has 1 aliphatic heterocycles. The molecule has 0 radical (unpaired) electrons. The summed E-state index contributed by atoms with van der Waals surface area (Å²) >= 11 is 1.58. The summed E-state index contributed by atoms with van der Waals surface area (Å²) in [7, 11) is 0. The summed E-state index contributed by atoms with van der Waals surface area (Å²) in [6, 6.07) is 6.96. The molecule has 0 atom stereocenters. The summed E-state index contributed by atoms with van der Waals surface area (Å²) in [5.74, 6) is 0.262. The van der Waals surface area contributed by atoms with Crippen molar-refractivity contribution in [2.75, 3.05) is 11.9 Å². The predicted octanol–water partition coefficient (Wildman–Crippen LogP) is 2.98. The van der Waals surface area contributed by atoms with Crippen LogP contribution in [0.3, 0.4) is 0 Å². The first-order chi connectivity index (χ1) is 9.72. The molecular weight excluding hydrogens is 274 g/mol. The van der Waals surface area contributed by atoms with E-state index >= 15 is 0 Å². The largest absolute Gasteiger partial charge is 0.482 e. The molecule has 1 aromatic heterocycles. The first kappa shape index (κ1) is 12.6. The molecule has 0 saturated heterocycles. The Kier molecular flexibility index (Phi) is 3.35. The summed E-state index contributed by atoms with van der Waals surface area (Å²) in [6.07, 6.45) is 3.29. The van der Waals surface area contributed by atoms with Gasteiger partial charge in [0, 0.05) is 5.56 Å². The molecule has 100 valence electrons. The number of hydrogen-bond donors (Lipinski definition) is 1. The van der Waals surface area contributed by atoms with Crippen molar-refractivity contribution in [1.29, 1.82) is 0 Å². The third-order valence-corrected chi connectivity index (χ3v) is 3.57. The smallest absolute Gasteiger partial charge is 0.262 e. The van der Waals surface area contributed by atoms with E-state index in [0.717, 1.165) is 5.56 Å². The van der Waals surface area contributed by atoms with Gasteiger partial charge in [0.15, 0.2) is 12.4 Å². The molecule has 1 aliphatic rings. The van der Waals surface area contributed by atoms with Crippen LogP contribution in [0.2, 0.25) is 0 Å². The fraction of sp³-hybridized carbons (Fsp3) is 0.0667. The van der Waals surface area contributed by atoms with Crippen LogP contribution in [0.1, 0.15) is 15.9 Å². The zero-order valence-electron chi connectivity index (χ0n) is 10.5. The average Bonchev–Trinajstić information content (AvgIpc) is 2.97. The lowest BCUT2D eigenvalue weighted by Gasteiger charge is -2.17. The van der Waals surface area contributed by atoms with Crippen LogP contribution in [0.25, 0.3) is 6.08 Å². The molecule has 0 fully saturated rings. The second kappa shape index (κ2) is 5.30. The second-order valence-corrected chi connectivity index (χ2v) is 5.08. The maximum atomic E-state index is 12.1. The molecule has 0 unspecified atom stereocenters. The minimum absolute atomic E-state index is 0.0123. The quantitative estimate of drug-likeness (QED) is 0.696. The van der Waals surface area contributed by atoms with Gasteiger partial charge in [-0.25, -0.2) is 0 Å². The molecular formula is C15H11NO3S. The van der Waals surface area contributed by atoms with Gasteiger partial charge in [0.25, 0.3) is 5.91 Å². The lowest BCUT2D eigenvalue weighted by Crippen LogP contribution is -2.25. The molecule has 0 saturated carbocycles. The number of carbonyl (C=O) groups is 2. The summed E-state index contributed by atoms with van der Waals surface area (Å²) in [4.78, 5) is 23.3. The Hall–Kier alpha value is -2.40. The number of rotatable bonds is 3. The Labute approximate surface area is 119 Å². The van der Waals surface area contributed by atoms with E-state index in [2.05, 4.69) is 5.32 Å². The molecule has 0 aliphatic carbocycles. The third kappa shape index (κ3) is 2.62. The molecule has 0 bridgehead atoms. The van der Waals surface area contributed by atoms with Crippen molar-refractivity contribution >= 4 is 34.8 Å². The van der Waals surface area contributed by atoms with Crippen LogP contribution in [0.5, 0.6) is 5.75 Å². The summed E-state index contributed by atoms with van der Waals surface area (Å²) in [6.45, 7) is 0.0123. The van der Waals surface area contributed by atoms with Gasteiger partial charge >= 0.3 is 0 Å². The Bertz CT molecular complexity index is 689. The summed E-state index contributed by atoms with van der Waals surface area (Å²) in [5, 5.41) is 6.60. The lowest BCUT2D eigenvalue weighted by molar-refractivity contribution is -0.118. The summed E-state index contributed by atoms with van der Waals surface area (Å²) in [5.41, 5.74) is 2.05. The number of amides is 1. The number of benzene rings is 1. The van der Waals surface area contributed by atoms with Crippen molar-refractivity contribution in [2.24, 2.45) is 0 Å². The second-order valence-electron chi connectivity index (χ2n) is 4.30. The Morgan fingerprint density at radius 1 is 1.35 bits per heavy atom. The number of fused-ring (bicyclic) bond motifs is 1. The van der Waals surface area contributed by atoms with Crippen molar-refractivity contribution in [3.05, 3.63) is 52.2 Å². The molecule has 2 aromatic rings. The molecule has 1 amide bonds. The van der Waals surface area contributed by atoms with E-state index in [9.17, 15) is 9.59 Å². The molecule has 3 rings (SSSR count). The normalized spacial score (nSPS) is 13.7. The van der Waals surface area contributed by atoms with Crippen molar-refractivity contribution in [1.82, 2.24) is 0 Å². The standard InChI is InChI=1S/C15H11NO3S/c17-13(3-1-10-5-6-20-9-10)11-2-4-14-12(7-11)16-15(18)8-19-14/h1-7,9H,8H2,(H,16,18)/b3-1+. The van der Waals surface area contributed by atoms with Gasteiger partial charge in [-0.2, -0.15) is 11.3 Å². The number of carbonyl (C=O) groups excluding carboxylic acids is 2. The molecule has 5 heteroatoms. The first-order valence-electron chi connectivity index (χ1n) is 6.04. The highest BCUT2D eigenvalue weighted by molar-refractivity contribution is 7.08. The first-order valence-corrected chi connectivity index (χ1v) is 6.98. The van der Waals surface area contributed by atoms with E-state index in [1.54, 1.807) is 35.6 Å². The predicted molar refractivity (Wildman–Crippen MR) is 78.3 cm³/mol. The molecule has 20 heavy (non-hydrogen) atoms. The number of ketones is 1. The number of hydrogen-bond acceptors (Lipinski definition) is 4. The van der Waals surface area contributed by atoms with Crippen molar-refractivity contribution in [3.8, 4) is 5.75 Å². The minimum Gasteiger partial charge on any atom is -0.482 e. The number of anilines is 1. The van der Waals surface area contributed by atoms with Crippen molar-refractivity contribution in [2.45, 2.75) is 0 Å². The third-order valence-electron chi connectivity index (χ3n) is 2.87. The number of ether oxygens (including phenoxy) is 1. The summed E-state index contributed by atoms with van der Waals surface area (Å²) < 4.78 is 5.25. The van der Waals surface area contributed by atoms with Gasteiger partial charge in [0.2, 0.25) is 0 Å². The van der Waals surface area contributed by atoms with E-state index < -0.39 is 0 Å². The highest BCUT2D eigenvalue weighted by Gasteiger charge is 2.17. The van der Waals surface area contributed by atoms with Gasteiger partial charge in [-0.15, -0.1) is 0 Å². The zero-order valence-corrected chi connectivity index (χ0v) is 11.3. The SMILES string of the molecule is O=C1COc2ccc(C(=O)/C=C/c3ccsc3)cc2N1. The average molecular weight is 285 g/mol. The molecule has 1 aromatic carbocycles. The van der Waals surface area contributed by atoms with E-state index in [-0.39, 0.29) is 18.3 Å². The van der Waals surface area contributed by atoms with Gasteiger partial charge in [-0.1, -0.05) is 6.08 Å². The van der Waals surface area contributed by atoms with Crippen molar-refractivity contribution in [3.63, 3.8) is 0 Å². The van der Waals surface area contributed by atoms with Gasteiger partial charge in [0.1, 0.15) is 5.75 Å². The van der Waals surface area contributed by atoms with Gasteiger partial charge in [-0.05, 0) is 46.7 Å². The number of nitrogens with one attached hydrogen (secondary N) is 1.